The number of rotatable bonds is 6. The third-order valence-electron chi connectivity index (χ3n) is 6.28. The van der Waals surface area contributed by atoms with Crippen molar-refractivity contribution >= 4 is 11.8 Å². The number of ketones is 1. The van der Waals surface area contributed by atoms with Crippen LogP contribution >= 0.6 is 0 Å². The molecule has 0 aliphatic carbocycles. The maximum atomic E-state index is 12.3. The van der Waals surface area contributed by atoms with Crippen LogP contribution in [-0.4, -0.2) is 30.1 Å². The fraction of sp³-hybridized carbons (Fsp3) is 0.259. The first-order chi connectivity index (χ1) is 15.9. The molecular weight excluding hydrogens is 420 g/mol. The highest BCUT2D eigenvalue weighted by atomic mass is 16.5. The number of fused-ring (bicyclic) bond motifs is 2. The Hall–Kier alpha value is -3.80. The van der Waals surface area contributed by atoms with Crippen molar-refractivity contribution in [2.45, 2.75) is 32.8 Å². The number of ether oxygens (including phenoxy) is 3. The third-order valence-corrected chi connectivity index (χ3v) is 6.28. The second-order valence-corrected chi connectivity index (χ2v) is 8.57. The van der Waals surface area contributed by atoms with Gasteiger partial charge in [-0.1, -0.05) is 24.3 Å². The predicted molar refractivity (Wildman–Crippen MR) is 122 cm³/mol. The summed E-state index contributed by atoms with van der Waals surface area (Å²) in [4.78, 5) is 23.3. The summed E-state index contributed by atoms with van der Waals surface area (Å²) in [5, 5.41) is 9.06. The summed E-state index contributed by atoms with van der Waals surface area (Å²) in [7, 11) is 0. The molecule has 1 atom stereocenters. The van der Waals surface area contributed by atoms with E-state index >= 15 is 0 Å². The number of carbonyl (C=O) groups is 2. The fourth-order valence-corrected chi connectivity index (χ4v) is 4.78. The highest BCUT2D eigenvalue weighted by Gasteiger charge is 2.27. The maximum Gasteiger partial charge on any atom is 0.304 e. The van der Waals surface area contributed by atoms with E-state index in [1.807, 2.05) is 56.3 Å². The Morgan fingerprint density at radius 2 is 1.91 bits per heavy atom. The van der Waals surface area contributed by atoms with Gasteiger partial charge in [-0.2, -0.15) is 0 Å². The van der Waals surface area contributed by atoms with Crippen LogP contribution in [0, 0.1) is 13.8 Å². The molecule has 168 valence electrons. The second-order valence-electron chi connectivity index (χ2n) is 8.57. The molecule has 2 aliphatic rings. The zero-order valence-electron chi connectivity index (χ0n) is 18.5. The average Bonchev–Trinajstić information content (AvgIpc) is 3.35. The van der Waals surface area contributed by atoms with Crippen molar-refractivity contribution in [2.24, 2.45) is 0 Å². The van der Waals surface area contributed by atoms with Crippen molar-refractivity contribution in [3.63, 3.8) is 0 Å². The summed E-state index contributed by atoms with van der Waals surface area (Å²) in [6.07, 6.45) is 0.0548. The lowest BCUT2D eigenvalue weighted by molar-refractivity contribution is -0.137. The molecule has 5 rings (SSSR count). The van der Waals surface area contributed by atoms with Crippen LogP contribution in [0.3, 0.4) is 0 Å². The first-order valence-electron chi connectivity index (χ1n) is 10.9. The predicted octanol–water partition coefficient (Wildman–Crippen LogP) is 5.08. The van der Waals surface area contributed by atoms with Crippen LogP contribution in [0.1, 0.15) is 45.0 Å². The molecule has 2 aliphatic heterocycles. The van der Waals surface area contributed by atoms with E-state index in [-0.39, 0.29) is 24.7 Å². The summed E-state index contributed by atoms with van der Waals surface area (Å²) >= 11 is 0. The SMILES string of the molecule is Cc1cc2c(c(C)c1-c1cccc(COc3ccc4c(c3)OCC4CC(=O)O)c1)C(=O)CO2. The molecule has 6 heteroatoms. The molecule has 6 nitrogen and oxygen atoms in total. The molecule has 33 heavy (non-hydrogen) atoms. The normalized spacial score (nSPS) is 16.1. The Morgan fingerprint density at radius 1 is 1.06 bits per heavy atom. The molecule has 1 N–H and O–H groups in total. The molecule has 0 saturated carbocycles. The van der Waals surface area contributed by atoms with Crippen LogP contribution in [0.4, 0.5) is 0 Å². The first kappa shape index (κ1) is 21.1. The van der Waals surface area contributed by atoms with Crippen LogP contribution in [0.15, 0.2) is 48.5 Å². The van der Waals surface area contributed by atoms with Crippen molar-refractivity contribution in [2.75, 3.05) is 13.2 Å². The summed E-state index contributed by atoms with van der Waals surface area (Å²) in [5.74, 6) is 1.09. The maximum absolute atomic E-state index is 12.3. The fourth-order valence-electron chi connectivity index (χ4n) is 4.78. The number of carboxylic acids is 1. The van der Waals surface area contributed by atoms with Crippen molar-refractivity contribution < 1.29 is 28.9 Å². The van der Waals surface area contributed by atoms with E-state index < -0.39 is 5.97 Å². The smallest absolute Gasteiger partial charge is 0.304 e. The zero-order chi connectivity index (χ0) is 23.1. The molecule has 0 aromatic heterocycles. The molecule has 0 bridgehead atoms. The number of aliphatic carboxylic acids is 1. The van der Waals surface area contributed by atoms with Crippen LogP contribution in [0.2, 0.25) is 0 Å². The Balaban J connectivity index is 1.35. The molecule has 0 spiro atoms. The van der Waals surface area contributed by atoms with Gasteiger partial charge < -0.3 is 19.3 Å². The number of aryl methyl sites for hydroxylation is 1. The summed E-state index contributed by atoms with van der Waals surface area (Å²) in [5.41, 5.74) is 6.67. The lowest BCUT2D eigenvalue weighted by atomic mass is 9.90. The van der Waals surface area contributed by atoms with Gasteiger partial charge in [0.15, 0.2) is 6.61 Å². The molecule has 0 saturated heterocycles. The second kappa shape index (κ2) is 8.28. The van der Waals surface area contributed by atoms with Gasteiger partial charge in [0.25, 0.3) is 0 Å². The Bertz CT molecular complexity index is 1280. The van der Waals surface area contributed by atoms with Crippen LogP contribution in [-0.2, 0) is 11.4 Å². The lowest BCUT2D eigenvalue weighted by Crippen LogP contribution is -2.07. The Labute approximate surface area is 191 Å². The van der Waals surface area contributed by atoms with Gasteiger partial charge in [-0.3, -0.25) is 9.59 Å². The van der Waals surface area contributed by atoms with Gasteiger partial charge in [0.2, 0.25) is 5.78 Å². The minimum Gasteiger partial charge on any atom is -0.492 e. The molecule has 3 aromatic rings. The van der Waals surface area contributed by atoms with E-state index in [9.17, 15) is 9.59 Å². The third kappa shape index (κ3) is 3.93. The topological polar surface area (TPSA) is 82.1 Å². The van der Waals surface area contributed by atoms with Crippen molar-refractivity contribution in [1.82, 2.24) is 0 Å². The minimum absolute atomic E-state index is 0.0210. The van der Waals surface area contributed by atoms with Gasteiger partial charge in [-0.25, -0.2) is 0 Å². The van der Waals surface area contributed by atoms with Gasteiger partial charge in [0.05, 0.1) is 18.6 Å². The Kier molecular flexibility index (Phi) is 5.29. The highest BCUT2D eigenvalue weighted by molar-refractivity contribution is 6.05. The van der Waals surface area contributed by atoms with E-state index in [4.69, 9.17) is 19.3 Å². The molecule has 1 unspecified atom stereocenters. The molecule has 3 aromatic carbocycles. The van der Waals surface area contributed by atoms with Crippen molar-refractivity contribution in [3.8, 4) is 28.4 Å². The summed E-state index contributed by atoms with van der Waals surface area (Å²) in [6.45, 7) is 4.85. The van der Waals surface area contributed by atoms with Crippen LogP contribution < -0.4 is 14.2 Å². The molecular formula is C27H24O6. The van der Waals surface area contributed by atoms with Gasteiger partial charge in [0.1, 0.15) is 23.9 Å². The standard InChI is InChI=1S/C27H24O6/c1-15-8-24-27(22(28)14-33-24)16(2)26(15)18-5-3-4-17(9-18)12-31-20-6-7-21-19(10-25(29)30)13-32-23(21)11-20/h3-9,11,19H,10,12-14H2,1-2H3,(H,29,30). The molecule has 0 fully saturated rings. The molecule has 0 amide bonds. The van der Waals surface area contributed by atoms with Crippen molar-refractivity contribution in [1.29, 1.82) is 0 Å². The number of benzene rings is 3. The Morgan fingerprint density at radius 3 is 2.73 bits per heavy atom. The van der Waals surface area contributed by atoms with E-state index in [2.05, 4.69) is 6.07 Å². The average molecular weight is 444 g/mol. The van der Waals surface area contributed by atoms with Gasteiger partial charge in [-0.15, -0.1) is 0 Å². The molecule has 0 radical (unpaired) electrons. The molecule has 2 heterocycles. The minimum atomic E-state index is -0.831. The number of carbonyl (C=O) groups excluding carboxylic acids is 1. The van der Waals surface area contributed by atoms with Crippen molar-refractivity contribution in [3.05, 3.63) is 76.3 Å². The van der Waals surface area contributed by atoms with E-state index in [0.717, 1.165) is 33.4 Å². The lowest BCUT2D eigenvalue weighted by Gasteiger charge is -2.15. The quantitative estimate of drug-likeness (QED) is 0.571. The van der Waals surface area contributed by atoms with E-state index in [1.165, 1.54) is 0 Å². The van der Waals surface area contributed by atoms with E-state index in [0.29, 0.717) is 36.0 Å². The van der Waals surface area contributed by atoms with Crippen LogP contribution in [0.25, 0.3) is 11.1 Å². The number of Topliss-reactive ketones (excluding diaryl/α,β-unsaturated/α-hetero) is 1. The van der Waals surface area contributed by atoms with E-state index in [1.54, 1.807) is 0 Å². The number of hydrogen-bond acceptors (Lipinski definition) is 5. The van der Waals surface area contributed by atoms with Gasteiger partial charge in [0, 0.05) is 17.5 Å². The first-order valence-corrected chi connectivity index (χ1v) is 10.9. The van der Waals surface area contributed by atoms with Gasteiger partial charge >= 0.3 is 5.97 Å². The zero-order valence-corrected chi connectivity index (χ0v) is 18.5. The van der Waals surface area contributed by atoms with Crippen LogP contribution in [0.5, 0.6) is 17.2 Å². The summed E-state index contributed by atoms with van der Waals surface area (Å²) in [6, 6.07) is 15.6. The highest BCUT2D eigenvalue weighted by Crippen LogP contribution is 2.39. The van der Waals surface area contributed by atoms with Gasteiger partial charge in [-0.05, 0) is 59.9 Å². The largest absolute Gasteiger partial charge is 0.492 e. The monoisotopic (exact) mass is 444 g/mol. The summed E-state index contributed by atoms with van der Waals surface area (Å²) < 4.78 is 17.2. The number of hydrogen-bond donors (Lipinski definition) is 1. The number of carboxylic acid groups (broad SMARTS) is 1.